The van der Waals surface area contributed by atoms with Crippen LogP contribution in [-0.4, -0.2) is 4.57 Å². The van der Waals surface area contributed by atoms with Crippen LogP contribution in [0.25, 0.3) is 15.8 Å². The molecule has 0 amide bonds. The molecule has 0 aliphatic carbocycles. The molecule has 114 valence electrons. The van der Waals surface area contributed by atoms with Gasteiger partial charge in [-0.25, -0.2) is 0 Å². The summed E-state index contributed by atoms with van der Waals surface area (Å²) in [6, 6.07) is 10.4. The molecule has 0 atom stereocenters. The zero-order valence-electron chi connectivity index (χ0n) is 11.6. The first kappa shape index (κ1) is 14.8. The van der Waals surface area contributed by atoms with Crippen molar-refractivity contribution in [1.82, 2.24) is 4.57 Å². The molecule has 0 unspecified atom stereocenters. The number of halogens is 3. The Morgan fingerprint density at radius 3 is 2.45 bits per heavy atom. The standard InChI is InChI=1S/C16H12F3NOS/c1-2-10-8-13-14(12(9-22-13)16(17,18)19)15(21)20(10)11-6-4-3-5-7-11/h3-9H,2H2,1H3. The highest BCUT2D eigenvalue weighted by Gasteiger charge is 2.35. The Hall–Kier alpha value is -2.08. The zero-order valence-corrected chi connectivity index (χ0v) is 12.5. The molecule has 22 heavy (non-hydrogen) atoms. The molecule has 0 radical (unpaired) electrons. The number of rotatable bonds is 2. The maximum atomic E-state index is 13.1. The lowest BCUT2D eigenvalue weighted by Crippen LogP contribution is -2.23. The molecule has 3 aromatic rings. The molecule has 0 aliphatic heterocycles. The zero-order chi connectivity index (χ0) is 15.9. The van der Waals surface area contributed by atoms with Crippen LogP contribution in [-0.2, 0) is 12.6 Å². The van der Waals surface area contributed by atoms with Gasteiger partial charge in [0.25, 0.3) is 5.56 Å². The van der Waals surface area contributed by atoms with Gasteiger partial charge in [-0.15, -0.1) is 11.3 Å². The maximum Gasteiger partial charge on any atom is 0.418 e. The van der Waals surface area contributed by atoms with Crippen molar-refractivity contribution < 1.29 is 13.2 Å². The van der Waals surface area contributed by atoms with Crippen LogP contribution in [0, 0.1) is 0 Å². The van der Waals surface area contributed by atoms with Crippen LogP contribution < -0.4 is 5.56 Å². The second kappa shape index (κ2) is 5.28. The van der Waals surface area contributed by atoms with Crippen LogP contribution in [0.1, 0.15) is 18.2 Å². The summed E-state index contributed by atoms with van der Waals surface area (Å²) in [5, 5.41) is 0.763. The quantitative estimate of drug-likeness (QED) is 0.674. The number of hydrogen-bond acceptors (Lipinski definition) is 2. The lowest BCUT2D eigenvalue weighted by Gasteiger charge is -2.13. The normalized spacial score (nSPS) is 12.0. The van der Waals surface area contributed by atoms with Crippen LogP contribution in [0.15, 0.2) is 46.6 Å². The van der Waals surface area contributed by atoms with Crippen molar-refractivity contribution in [3.8, 4) is 5.69 Å². The van der Waals surface area contributed by atoms with Gasteiger partial charge in [0, 0.05) is 21.5 Å². The summed E-state index contributed by atoms with van der Waals surface area (Å²) in [5.74, 6) is 0. The van der Waals surface area contributed by atoms with E-state index < -0.39 is 17.3 Å². The van der Waals surface area contributed by atoms with E-state index in [-0.39, 0.29) is 5.39 Å². The monoisotopic (exact) mass is 323 g/mol. The summed E-state index contributed by atoms with van der Waals surface area (Å²) in [6.45, 7) is 1.87. The first-order valence-corrected chi connectivity index (χ1v) is 7.60. The number of nitrogens with zero attached hydrogens (tertiary/aromatic N) is 1. The average molecular weight is 323 g/mol. The Morgan fingerprint density at radius 2 is 1.86 bits per heavy atom. The number of alkyl halides is 3. The third-order valence-electron chi connectivity index (χ3n) is 3.50. The van der Waals surface area contributed by atoms with Crippen molar-refractivity contribution in [3.63, 3.8) is 0 Å². The molecule has 0 saturated heterocycles. The number of aromatic nitrogens is 1. The predicted molar refractivity (Wildman–Crippen MR) is 81.8 cm³/mol. The third-order valence-corrected chi connectivity index (χ3v) is 4.43. The smallest absolute Gasteiger partial charge is 0.281 e. The largest absolute Gasteiger partial charge is 0.418 e. The van der Waals surface area contributed by atoms with Gasteiger partial charge in [0.15, 0.2) is 0 Å². The summed E-state index contributed by atoms with van der Waals surface area (Å²) in [4.78, 5) is 12.7. The van der Waals surface area contributed by atoms with Crippen LogP contribution in [0.3, 0.4) is 0 Å². The molecular weight excluding hydrogens is 311 g/mol. The van der Waals surface area contributed by atoms with Gasteiger partial charge >= 0.3 is 6.18 Å². The first-order chi connectivity index (χ1) is 10.4. The van der Waals surface area contributed by atoms with Crippen LogP contribution in [0.4, 0.5) is 13.2 Å². The summed E-state index contributed by atoms with van der Waals surface area (Å²) < 4.78 is 41.1. The van der Waals surface area contributed by atoms with Gasteiger partial charge in [0.1, 0.15) is 0 Å². The molecule has 0 fully saturated rings. The summed E-state index contributed by atoms with van der Waals surface area (Å²) >= 11 is 0.955. The van der Waals surface area contributed by atoms with Crippen molar-refractivity contribution in [2.75, 3.05) is 0 Å². The first-order valence-electron chi connectivity index (χ1n) is 6.72. The molecule has 0 spiro atoms. The molecule has 2 nitrogen and oxygen atoms in total. The van der Waals surface area contributed by atoms with E-state index in [0.717, 1.165) is 16.7 Å². The maximum absolute atomic E-state index is 13.1. The number of pyridine rings is 1. The Kier molecular flexibility index (Phi) is 3.56. The molecule has 2 aromatic heterocycles. The van der Waals surface area contributed by atoms with E-state index in [0.29, 0.717) is 22.5 Å². The fourth-order valence-electron chi connectivity index (χ4n) is 2.49. The summed E-state index contributed by atoms with van der Waals surface area (Å²) in [5.41, 5.74) is -0.205. The summed E-state index contributed by atoms with van der Waals surface area (Å²) in [6.07, 6.45) is -3.97. The number of thiophene rings is 1. The SMILES string of the molecule is CCc1cc2scc(C(F)(F)F)c2c(=O)n1-c1ccccc1. The molecule has 3 rings (SSSR count). The van der Waals surface area contributed by atoms with E-state index in [1.807, 2.05) is 6.92 Å². The van der Waals surface area contributed by atoms with Crippen molar-refractivity contribution in [2.24, 2.45) is 0 Å². The lowest BCUT2D eigenvalue weighted by atomic mass is 10.1. The van der Waals surface area contributed by atoms with Crippen molar-refractivity contribution in [1.29, 1.82) is 0 Å². The van der Waals surface area contributed by atoms with Crippen molar-refractivity contribution >= 4 is 21.4 Å². The van der Waals surface area contributed by atoms with Gasteiger partial charge in [-0.2, -0.15) is 13.2 Å². The van der Waals surface area contributed by atoms with E-state index in [2.05, 4.69) is 0 Å². The highest BCUT2D eigenvalue weighted by molar-refractivity contribution is 7.17. The van der Waals surface area contributed by atoms with Gasteiger partial charge in [-0.05, 0) is 24.6 Å². The Morgan fingerprint density at radius 1 is 1.18 bits per heavy atom. The van der Waals surface area contributed by atoms with Gasteiger partial charge in [-0.1, -0.05) is 25.1 Å². The number of benzene rings is 1. The predicted octanol–water partition coefficient (Wildman–Crippen LogP) is 4.63. The number of aryl methyl sites for hydroxylation is 1. The Bertz CT molecular complexity index is 878. The van der Waals surface area contributed by atoms with Gasteiger partial charge < -0.3 is 0 Å². The molecule has 1 aromatic carbocycles. The van der Waals surface area contributed by atoms with Crippen LogP contribution in [0.2, 0.25) is 0 Å². The topological polar surface area (TPSA) is 22.0 Å². The van der Waals surface area contributed by atoms with Crippen LogP contribution in [0.5, 0.6) is 0 Å². The van der Waals surface area contributed by atoms with E-state index >= 15 is 0 Å². The van der Waals surface area contributed by atoms with Crippen molar-refractivity contribution in [2.45, 2.75) is 19.5 Å². The molecule has 0 saturated carbocycles. The van der Waals surface area contributed by atoms with E-state index in [9.17, 15) is 18.0 Å². The second-order valence-corrected chi connectivity index (χ2v) is 5.76. The summed E-state index contributed by atoms with van der Waals surface area (Å²) in [7, 11) is 0. The number of para-hydroxylation sites is 1. The van der Waals surface area contributed by atoms with Gasteiger partial charge in [0.05, 0.1) is 10.9 Å². The number of fused-ring (bicyclic) bond motifs is 1. The second-order valence-electron chi connectivity index (χ2n) is 4.85. The molecule has 0 aliphatic rings. The molecule has 6 heteroatoms. The molecule has 0 N–H and O–H groups in total. The van der Waals surface area contributed by atoms with Crippen LogP contribution >= 0.6 is 11.3 Å². The molecule has 2 heterocycles. The fourth-order valence-corrected chi connectivity index (χ4v) is 3.50. The minimum absolute atomic E-state index is 0.251. The molecule has 0 bridgehead atoms. The van der Waals surface area contributed by atoms with E-state index in [4.69, 9.17) is 0 Å². The minimum Gasteiger partial charge on any atom is -0.281 e. The fraction of sp³-hybridized carbons (Fsp3) is 0.188. The van der Waals surface area contributed by atoms with E-state index in [1.165, 1.54) is 4.57 Å². The van der Waals surface area contributed by atoms with E-state index in [1.54, 1.807) is 36.4 Å². The lowest BCUT2D eigenvalue weighted by molar-refractivity contribution is -0.136. The highest BCUT2D eigenvalue weighted by atomic mass is 32.1. The van der Waals surface area contributed by atoms with Gasteiger partial charge in [-0.3, -0.25) is 9.36 Å². The molecular formula is C16H12F3NOS. The van der Waals surface area contributed by atoms with Crippen molar-refractivity contribution in [3.05, 3.63) is 63.4 Å². The van der Waals surface area contributed by atoms with Gasteiger partial charge in [0.2, 0.25) is 0 Å². The third kappa shape index (κ3) is 2.33. The Balaban J connectivity index is 2.41. The average Bonchev–Trinajstić information content (AvgIpc) is 2.92. The minimum atomic E-state index is -4.53. The number of hydrogen-bond donors (Lipinski definition) is 0. The highest BCUT2D eigenvalue weighted by Crippen LogP contribution is 2.37. The Labute approximate surface area is 128 Å².